The van der Waals surface area contributed by atoms with Crippen LogP contribution in [0.2, 0.25) is 10.0 Å². The van der Waals surface area contributed by atoms with Gasteiger partial charge in [0.25, 0.3) is 5.91 Å². The number of nitrogens with one attached hydrogen (secondary N) is 1. The third kappa shape index (κ3) is 5.20. The van der Waals surface area contributed by atoms with Gasteiger partial charge in [0.2, 0.25) is 0 Å². The van der Waals surface area contributed by atoms with Gasteiger partial charge in [-0.05, 0) is 42.3 Å². The predicted octanol–water partition coefficient (Wildman–Crippen LogP) is 5.89. The highest BCUT2D eigenvalue weighted by Crippen LogP contribution is 2.27. The Morgan fingerprint density at radius 2 is 2.00 bits per heavy atom. The van der Waals surface area contributed by atoms with Crippen molar-refractivity contribution < 1.29 is 4.79 Å². The first-order valence-corrected chi connectivity index (χ1v) is 9.90. The van der Waals surface area contributed by atoms with Gasteiger partial charge in [0, 0.05) is 27.5 Å². The van der Waals surface area contributed by atoms with E-state index in [-0.39, 0.29) is 5.57 Å². The van der Waals surface area contributed by atoms with E-state index >= 15 is 0 Å². The van der Waals surface area contributed by atoms with Gasteiger partial charge in [0.05, 0.1) is 0 Å². The molecule has 4 nitrogen and oxygen atoms in total. The van der Waals surface area contributed by atoms with Crippen molar-refractivity contribution in [2.24, 2.45) is 0 Å². The first kappa shape index (κ1) is 20.1. The second-order valence-electron chi connectivity index (χ2n) is 6.08. The Morgan fingerprint density at radius 1 is 1.25 bits per heavy atom. The molecular weight excluding hydrogens is 413 g/mol. The summed E-state index contributed by atoms with van der Waals surface area (Å²) in [7, 11) is 0. The Morgan fingerprint density at radius 3 is 2.71 bits per heavy atom. The number of carbonyl (C=O) groups is 1. The van der Waals surface area contributed by atoms with Crippen LogP contribution in [0.25, 0.3) is 6.08 Å². The predicted molar refractivity (Wildman–Crippen MR) is 115 cm³/mol. The van der Waals surface area contributed by atoms with Gasteiger partial charge >= 0.3 is 0 Å². The largest absolute Gasteiger partial charge is 0.297 e. The zero-order chi connectivity index (χ0) is 20.1. The monoisotopic (exact) mass is 427 g/mol. The van der Waals surface area contributed by atoms with Crippen molar-refractivity contribution in [2.75, 3.05) is 5.32 Å². The second-order valence-corrected chi connectivity index (χ2v) is 8.04. The number of aryl methyl sites for hydroxylation is 1. The highest BCUT2D eigenvalue weighted by Gasteiger charge is 2.13. The second kappa shape index (κ2) is 9.03. The lowest BCUT2D eigenvalue weighted by Crippen LogP contribution is -2.13. The minimum Gasteiger partial charge on any atom is -0.297 e. The van der Waals surface area contributed by atoms with E-state index in [9.17, 15) is 10.1 Å². The van der Waals surface area contributed by atoms with Crippen molar-refractivity contribution in [1.82, 2.24) is 4.98 Å². The van der Waals surface area contributed by atoms with E-state index in [0.717, 1.165) is 21.6 Å². The van der Waals surface area contributed by atoms with Crippen LogP contribution < -0.4 is 5.32 Å². The molecule has 1 N–H and O–H groups in total. The molecule has 0 aliphatic rings. The molecule has 0 unspecified atom stereocenters. The normalized spacial score (nSPS) is 11.1. The number of nitrogens with zero attached hydrogens (tertiary/aromatic N) is 2. The summed E-state index contributed by atoms with van der Waals surface area (Å²) in [6.07, 6.45) is 3.78. The molecule has 3 aromatic rings. The van der Waals surface area contributed by atoms with Crippen LogP contribution >= 0.6 is 34.5 Å². The molecule has 0 radical (unpaired) electrons. The Bertz CT molecular complexity index is 1080. The number of benzene rings is 2. The van der Waals surface area contributed by atoms with Crippen LogP contribution in [-0.2, 0) is 11.2 Å². The van der Waals surface area contributed by atoms with Crippen LogP contribution in [0.3, 0.4) is 0 Å². The molecule has 0 aliphatic heterocycles. The molecular formula is C21H15Cl2N3OS. The summed E-state index contributed by atoms with van der Waals surface area (Å²) >= 11 is 13.5. The van der Waals surface area contributed by atoms with Crippen LogP contribution in [0, 0.1) is 18.3 Å². The van der Waals surface area contributed by atoms with Gasteiger partial charge in [0.1, 0.15) is 11.6 Å². The van der Waals surface area contributed by atoms with Crippen molar-refractivity contribution >= 4 is 51.7 Å². The SMILES string of the molecule is Cc1ccc(C=C(C#N)C(=O)Nc2ncc(Cc3cc(Cl)ccc3Cl)s2)cc1. The summed E-state index contributed by atoms with van der Waals surface area (Å²) in [6, 6.07) is 14.8. The van der Waals surface area contributed by atoms with E-state index in [4.69, 9.17) is 23.2 Å². The Hall–Kier alpha value is -2.65. The number of hydrogen-bond acceptors (Lipinski definition) is 4. The maximum absolute atomic E-state index is 12.4. The average molecular weight is 428 g/mol. The van der Waals surface area contributed by atoms with Gasteiger partial charge < -0.3 is 0 Å². The summed E-state index contributed by atoms with van der Waals surface area (Å²) in [4.78, 5) is 17.5. The van der Waals surface area contributed by atoms with Gasteiger partial charge in [-0.1, -0.05) is 53.0 Å². The fourth-order valence-corrected chi connectivity index (χ4v) is 3.67. The molecule has 140 valence electrons. The number of aromatic nitrogens is 1. The van der Waals surface area contributed by atoms with Crippen molar-refractivity contribution in [3.8, 4) is 6.07 Å². The molecule has 0 saturated heterocycles. The number of thiazole rings is 1. The number of halogens is 2. The third-order valence-electron chi connectivity index (χ3n) is 3.90. The number of carbonyl (C=O) groups excluding carboxylic acids is 1. The molecule has 0 atom stereocenters. The summed E-state index contributed by atoms with van der Waals surface area (Å²) < 4.78 is 0. The summed E-state index contributed by atoms with van der Waals surface area (Å²) in [5.74, 6) is -0.496. The summed E-state index contributed by atoms with van der Waals surface area (Å²) in [6.45, 7) is 1.97. The van der Waals surface area contributed by atoms with Gasteiger partial charge in [-0.15, -0.1) is 11.3 Å². The molecule has 0 bridgehead atoms. The quantitative estimate of drug-likeness (QED) is 0.407. The lowest BCUT2D eigenvalue weighted by Gasteiger charge is -2.03. The van der Waals surface area contributed by atoms with Gasteiger partial charge in [0.15, 0.2) is 5.13 Å². The van der Waals surface area contributed by atoms with Crippen molar-refractivity contribution in [3.63, 3.8) is 0 Å². The van der Waals surface area contributed by atoms with Gasteiger partial charge in [-0.25, -0.2) is 4.98 Å². The fourth-order valence-electron chi connectivity index (χ4n) is 2.46. The first-order valence-electron chi connectivity index (χ1n) is 8.33. The van der Waals surface area contributed by atoms with Crippen molar-refractivity contribution in [3.05, 3.63) is 85.8 Å². The minimum absolute atomic E-state index is 0.0125. The topological polar surface area (TPSA) is 65.8 Å². The van der Waals surface area contributed by atoms with Crippen molar-refractivity contribution in [2.45, 2.75) is 13.3 Å². The Labute approximate surface area is 177 Å². The molecule has 1 aromatic heterocycles. The van der Waals surface area contributed by atoms with E-state index < -0.39 is 5.91 Å². The van der Waals surface area contributed by atoms with Crippen LogP contribution in [0.4, 0.5) is 5.13 Å². The Balaban J connectivity index is 1.71. The maximum Gasteiger partial charge on any atom is 0.268 e. The van der Waals surface area contributed by atoms with E-state index in [1.54, 1.807) is 30.5 Å². The highest BCUT2D eigenvalue weighted by atomic mass is 35.5. The van der Waals surface area contributed by atoms with E-state index in [1.165, 1.54) is 11.3 Å². The van der Waals surface area contributed by atoms with E-state index in [2.05, 4.69) is 10.3 Å². The number of hydrogen-bond donors (Lipinski definition) is 1. The molecule has 0 fully saturated rings. The lowest BCUT2D eigenvalue weighted by atomic mass is 10.1. The molecule has 0 saturated carbocycles. The first-order chi connectivity index (χ1) is 13.4. The van der Waals surface area contributed by atoms with E-state index in [0.29, 0.717) is 21.6 Å². The molecule has 1 heterocycles. The zero-order valence-corrected chi connectivity index (χ0v) is 17.2. The standard InChI is InChI=1S/C21H15Cl2N3OS/c1-13-2-4-14(5-3-13)8-16(11-24)20(27)26-21-25-12-18(28-21)10-15-9-17(22)6-7-19(15)23/h2-9,12H,10H2,1H3,(H,25,26,27). The molecule has 0 spiro atoms. The number of nitriles is 1. The zero-order valence-electron chi connectivity index (χ0n) is 14.9. The van der Waals surface area contributed by atoms with Crippen molar-refractivity contribution in [1.29, 1.82) is 5.26 Å². The lowest BCUT2D eigenvalue weighted by molar-refractivity contribution is -0.112. The number of amides is 1. The minimum atomic E-state index is -0.496. The highest BCUT2D eigenvalue weighted by molar-refractivity contribution is 7.15. The number of anilines is 1. The van der Waals surface area contributed by atoms with Crippen LogP contribution in [0.15, 0.2) is 54.2 Å². The molecule has 0 aliphatic carbocycles. The summed E-state index contributed by atoms with van der Waals surface area (Å²) in [5.41, 5.74) is 2.79. The average Bonchev–Trinajstić information content (AvgIpc) is 3.11. The summed E-state index contributed by atoms with van der Waals surface area (Å²) in [5, 5.41) is 13.6. The van der Waals surface area contributed by atoms with Gasteiger partial charge in [-0.2, -0.15) is 5.26 Å². The van der Waals surface area contributed by atoms with Crippen LogP contribution in [-0.4, -0.2) is 10.9 Å². The number of rotatable bonds is 5. The third-order valence-corrected chi connectivity index (χ3v) is 5.42. The van der Waals surface area contributed by atoms with Crippen LogP contribution in [0.5, 0.6) is 0 Å². The fraction of sp³-hybridized carbons (Fsp3) is 0.0952. The molecule has 28 heavy (non-hydrogen) atoms. The Kier molecular flexibility index (Phi) is 6.48. The van der Waals surface area contributed by atoms with Crippen LogP contribution in [0.1, 0.15) is 21.6 Å². The molecule has 2 aromatic carbocycles. The van der Waals surface area contributed by atoms with Gasteiger partial charge in [-0.3, -0.25) is 10.1 Å². The molecule has 3 rings (SSSR count). The van der Waals surface area contributed by atoms with E-state index in [1.807, 2.05) is 37.3 Å². The molecule has 7 heteroatoms. The molecule has 1 amide bonds. The maximum atomic E-state index is 12.4. The smallest absolute Gasteiger partial charge is 0.268 e.